The summed E-state index contributed by atoms with van der Waals surface area (Å²) in [4.78, 5) is 20.2. The summed E-state index contributed by atoms with van der Waals surface area (Å²) in [5.41, 5.74) is 1.86. The van der Waals surface area contributed by atoms with Crippen LogP contribution in [0.5, 0.6) is 0 Å². The average molecular weight is 359 g/mol. The summed E-state index contributed by atoms with van der Waals surface area (Å²) in [7, 11) is 1.68. The summed E-state index contributed by atoms with van der Waals surface area (Å²) in [5, 5.41) is 4.22. The van der Waals surface area contributed by atoms with E-state index < -0.39 is 0 Å². The molecule has 0 aliphatic carbocycles. The molecule has 2 amide bonds. The van der Waals surface area contributed by atoms with Crippen LogP contribution in [0.4, 0.5) is 10.5 Å². The van der Waals surface area contributed by atoms with Gasteiger partial charge in [0.2, 0.25) is 0 Å². The van der Waals surface area contributed by atoms with E-state index in [9.17, 15) is 4.79 Å². The van der Waals surface area contributed by atoms with Crippen LogP contribution < -0.4 is 5.32 Å². The smallest absolute Gasteiger partial charge is 0.321 e. The molecule has 2 heterocycles. The van der Waals surface area contributed by atoms with Crippen molar-refractivity contribution in [3.8, 4) is 0 Å². The van der Waals surface area contributed by atoms with E-state index in [1.54, 1.807) is 18.4 Å². The summed E-state index contributed by atoms with van der Waals surface area (Å²) >= 11 is 1.77. The third-order valence-corrected chi connectivity index (χ3v) is 5.81. The average Bonchev–Trinajstić information content (AvgIpc) is 3.07. The second kappa shape index (κ2) is 7.97. The largest absolute Gasteiger partial charge is 0.377 e. The number of benzene rings is 1. The predicted molar refractivity (Wildman–Crippen MR) is 101 cm³/mol. The van der Waals surface area contributed by atoms with Gasteiger partial charge in [0.15, 0.2) is 0 Å². The topological polar surface area (TPSA) is 54.5 Å². The van der Waals surface area contributed by atoms with Crippen molar-refractivity contribution in [3.63, 3.8) is 0 Å². The lowest BCUT2D eigenvalue weighted by Crippen LogP contribution is -2.40. The van der Waals surface area contributed by atoms with Crippen LogP contribution >= 0.6 is 11.3 Å². The van der Waals surface area contributed by atoms with E-state index in [0.717, 1.165) is 37.2 Å². The molecule has 1 N–H and O–H groups in total. The van der Waals surface area contributed by atoms with Crippen LogP contribution in [0.2, 0.25) is 0 Å². The highest BCUT2D eigenvalue weighted by Crippen LogP contribution is 2.31. The number of thiazole rings is 1. The number of methoxy groups -OCH3 is 1. The molecule has 1 saturated heterocycles. The molecular weight excluding hydrogens is 334 g/mol. The van der Waals surface area contributed by atoms with Crippen LogP contribution in [0.25, 0.3) is 0 Å². The van der Waals surface area contributed by atoms with Crippen molar-refractivity contribution < 1.29 is 9.53 Å². The van der Waals surface area contributed by atoms with Crippen LogP contribution in [-0.4, -0.2) is 36.1 Å². The van der Waals surface area contributed by atoms with Gasteiger partial charge >= 0.3 is 6.03 Å². The Morgan fingerprint density at radius 3 is 2.80 bits per heavy atom. The number of nitrogens with one attached hydrogen (secondary N) is 1. The minimum Gasteiger partial charge on any atom is -0.377 e. The van der Waals surface area contributed by atoms with Gasteiger partial charge in [0.1, 0.15) is 0 Å². The Balaban J connectivity index is 1.56. The minimum atomic E-state index is -0.0315. The number of amides is 2. The third kappa shape index (κ3) is 4.38. The lowest BCUT2D eigenvalue weighted by Gasteiger charge is -2.31. The zero-order valence-corrected chi connectivity index (χ0v) is 15.8. The van der Waals surface area contributed by atoms with E-state index in [1.165, 1.54) is 9.88 Å². The van der Waals surface area contributed by atoms with E-state index in [2.05, 4.69) is 17.2 Å². The van der Waals surface area contributed by atoms with Crippen LogP contribution in [0.15, 0.2) is 30.5 Å². The second-order valence-electron chi connectivity index (χ2n) is 6.50. The number of carbonyl (C=O) groups is 1. The standard InChI is InChI=1S/C19H25N3O2S/c1-13-12-20-18(25-13)15-7-9-22(10-8-15)19(23)21-17-6-4-5-16(11-17)14(2)24-3/h4-6,11-12,14-15H,7-10H2,1-3H3,(H,21,23). The van der Waals surface area contributed by atoms with E-state index in [4.69, 9.17) is 4.74 Å². The molecule has 0 spiro atoms. The van der Waals surface area contributed by atoms with E-state index in [1.807, 2.05) is 42.3 Å². The molecule has 1 aliphatic heterocycles. The van der Waals surface area contributed by atoms with Crippen molar-refractivity contribution >= 4 is 23.1 Å². The molecule has 0 saturated carbocycles. The zero-order valence-electron chi connectivity index (χ0n) is 15.0. The molecule has 0 bridgehead atoms. The fourth-order valence-corrected chi connectivity index (χ4v) is 4.04. The number of urea groups is 1. The number of anilines is 1. The summed E-state index contributed by atoms with van der Waals surface area (Å²) in [5.74, 6) is 0.480. The maximum atomic E-state index is 12.5. The number of hydrogen-bond donors (Lipinski definition) is 1. The number of aromatic nitrogens is 1. The first-order chi connectivity index (χ1) is 12.1. The van der Waals surface area contributed by atoms with Gasteiger partial charge in [-0.15, -0.1) is 11.3 Å². The van der Waals surface area contributed by atoms with Gasteiger partial charge in [-0.05, 0) is 44.4 Å². The zero-order chi connectivity index (χ0) is 17.8. The van der Waals surface area contributed by atoms with Gasteiger partial charge in [0, 0.05) is 42.9 Å². The van der Waals surface area contributed by atoms with Crippen molar-refractivity contribution in [1.82, 2.24) is 9.88 Å². The van der Waals surface area contributed by atoms with E-state index >= 15 is 0 Å². The predicted octanol–water partition coefficient (Wildman–Crippen LogP) is 4.57. The molecule has 1 aromatic heterocycles. The molecule has 134 valence electrons. The second-order valence-corrected chi connectivity index (χ2v) is 7.77. The number of nitrogens with zero attached hydrogens (tertiary/aromatic N) is 2. The first kappa shape index (κ1) is 17.9. The summed E-state index contributed by atoms with van der Waals surface area (Å²) in [6, 6.07) is 7.80. The number of aryl methyl sites for hydroxylation is 1. The van der Waals surface area contributed by atoms with E-state index in [0.29, 0.717) is 5.92 Å². The van der Waals surface area contributed by atoms with Gasteiger partial charge in [-0.2, -0.15) is 0 Å². The Labute approximate surface area is 153 Å². The number of rotatable bonds is 4. The van der Waals surface area contributed by atoms with Crippen molar-refractivity contribution in [2.45, 2.75) is 38.7 Å². The molecule has 25 heavy (non-hydrogen) atoms. The molecule has 1 aromatic carbocycles. The quantitative estimate of drug-likeness (QED) is 0.870. The molecule has 3 rings (SSSR count). The Hall–Kier alpha value is -1.92. The molecule has 2 aromatic rings. The molecule has 5 nitrogen and oxygen atoms in total. The highest BCUT2D eigenvalue weighted by Gasteiger charge is 2.25. The highest BCUT2D eigenvalue weighted by molar-refractivity contribution is 7.11. The Morgan fingerprint density at radius 2 is 2.16 bits per heavy atom. The lowest BCUT2D eigenvalue weighted by atomic mass is 9.98. The van der Waals surface area contributed by atoms with Crippen LogP contribution in [0.3, 0.4) is 0 Å². The van der Waals surface area contributed by atoms with Gasteiger partial charge < -0.3 is 15.0 Å². The first-order valence-electron chi connectivity index (χ1n) is 8.68. The molecule has 1 unspecified atom stereocenters. The molecule has 6 heteroatoms. The Kier molecular flexibility index (Phi) is 5.71. The van der Waals surface area contributed by atoms with Crippen molar-refractivity contribution in [1.29, 1.82) is 0 Å². The van der Waals surface area contributed by atoms with Gasteiger partial charge in [0.25, 0.3) is 0 Å². The molecular formula is C19H25N3O2S. The fourth-order valence-electron chi connectivity index (χ4n) is 3.10. The lowest BCUT2D eigenvalue weighted by molar-refractivity contribution is 0.119. The summed E-state index contributed by atoms with van der Waals surface area (Å²) in [6.45, 7) is 5.61. The van der Waals surface area contributed by atoms with Gasteiger partial charge in [-0.25, -0.2) is 9.78 Å². The van der Waals surface area contributed by atoms with Gasteiger partial charge in [0.05, 0.1) is 11.1 Å². The molecule has 1 aliphatic rings. The van der Waals surface area contributed by atoms with Gasteiger partial charge in [-0.3, -0.25) is 0 Å². The van der Waals surface area contributed by atoms with Crippen molar-refractivity contribution in [3.05, 3.63) is 45.9 Å². The van der Waals surface area contributed by atoms with Crippen LogP contribution in [0.1, 0.15) is 47.2 Å². The first-order valence-corrected chi connectivity index (χ1v) is 9.49. The number of piperidine rings is 1. The van der Waals surface area contributed by atoms with Crippen LogP contribution in [0, 0.1) is 6.92 Å². The number of hydrogen-bond acceptors (Lipinski definition) is 4. The third-order valence-electron chi connectivity index (χ3n) is 4.73. The summed E-state index contributed by atoms with van der Waals surface area (Å²) < 4.78 is 5.34. The molecule has 0 radical (unpaired) electrons. The Bertz CT molecular complexity index is 723. The SMILES string of the molecule is COC(C)c1cccc(NC(=O)N2CCC(c3ncc(C)s3)CC2)c1. The summed E-state index contributed by atoms with van der Waals surface area (Å²) in [6.07, 6.45) is 3.89. The monoisotopic (exact) mass is 359 g/mol. The molecule has 1 atom stereocenters. The fraction of sp³-hybridized carbons (Fsp3) is 0.474. The van der Waals surface area contributed by atoms with Crippen molar-refractivity contribution in [2.24, 2.45) is 0 Å². The number of ether oxygens (including phenoxy) is 1. The maximum Gasteiger partial charge on any atom is 0.321 e. The highest BCUT2D eigenvalue weighted by atomic mass is 32.1. The maximum absolute atomic E-state index is 12.5. The van der Waals surface area contributed by atoms with Crippen molar-refractivity contribution in [2.75, 3.05) is 25.5 Å². The normalized spacial score (nSPS) is 16.7. The number of carbonyl (C=O) groups excluding carboxylic acids is 1. The van der Waals surface area contributed by atoms with Crippen LogP contribution in [-0.2, 0) is 4.74 Å². The molecule has 1 fully saturated rings. The minimum absolute atomic E-state index is 0.00866. The number of likely N-dealkylation sites (tertiary alicyclic amines) is 1. The Morgan fingerprint density at radius 1 is 1.40 bits per heavy atom. The van der Waals surface area contributed by atoms with Gasteiger partial charge in [-0.1, -0.05) is 12.1 Å². The van der Waals surface area contributed by atoms with E-state index in [-0.39, 0.29) is 12.1 Å².